The fraction of sp³-hybridized carbons (Fsp3) is 0.200. The molecule has 0 saturated heterocycles. The highest BCUT2D eigenvalue weighted by atomic mass is 32.1. The van der Waals surface area contributed by atoms with Gasteiger partial charge in [0, 0.05) is 23.5 Å². The van der Waals surface area contributed by atoms with Crippen LogP contribution in [-0.4, -0.2) is 15.9 Å². The maximum atomic E-state index is 13.1. The van der Waals surface area contributed by atoms with Gasteiger partial charge in [0.15, 0.2) is 5.11 Å². The SMILES string of the molecule is CC1=C(C(=O)Nc2cc(C)ccc2C)C(c2cccc([N+](=O)[O-])c2)NC(=S)N1. The van der Waals surface area contributed by atoms with E-state index in [2.05, 4.69) is 16.0 Å². The lowest BCUT2D eigenvalue weighted by Gasteiger charge is -2.30. The Kier molecular flexibility index (Phi) is 5.41. The van der Waals surface area contributed by atoms with Crippen molar-refractivity contribution in [1.29, 1.82) is 0 Å². The summed E-state index contributed by atoms with van der Waals surface area (Å²) in [5, 5.41) is 20.5. The zero-order valence-electron chi connectivity index (χ0n) is 15.7. The lowest BCUT2D eigenvalue weighted by molar-refractivity contribution is -0.384. The highest BCUT2D eigenvalue weighted by Gasteiger charge is 2.30. The van der Waals surface area contributed by atoms with Gasteiger partial charge in [-0.25, -0.2) is 0 Å². The second kappa shape index (κ2) is 7.77. The molecule has 3 N–H and O–H groups in total. The number of carbonyl (C=O) groups excluding carboxylic acids is 1. The molecule has 0 radical (unpaired) electrons. The van der Waals surface area contributed by atoms with E-state index >= 15 is 0 Å². The monoisotopic (exact) mass is 396 g/mol. The second-order valence-electron chi connectivity index (χ2n) is 6.69. The zero-order valence-corrected chi connectivity index (χ0v) is 16.5. The number of aryl methyl sites for hydroxylation is 2. The predicted octanol–water partition coefficient (Wildman–Crippen LogP) is 3.64. The van der Waals surface area contributed by atoms with Crippen molar-refractivity contribution in [1.82, 2.24) is 10.6 Å². The van der Waals surface area contributed by atoms with Crippen molar-refractivity contribution in [3.8, 4) is 0 Å². The van der Waals surface area contributed by atoms with E-state index in [0.29, 0.717) is 21.9 Å². The quantitative estimate of drug-likeness (QED) is 0.415. The summed E-state index contributed by atoms with van der Waals surface area (Å²) in [5.41, 5.74) is 4.26. The van der Waals surface area contributed by atoms with E-state index in [-0.39, 0.29) is 11.6 Å². The topological polar surface area (TPSA) is 96.3 Å². The number of thiocarbonyl (C=S) groups is 1. The van der Waals surface area contributed by atoms with E-state index in [9.17, 15) is 14.9 Å². The molecule has 0 fully saturated rings. The third-order valence-corrected chi connectivity index (χ3v) is 4.79. The number of carbonyl (C=O) groups is 1. The zero-order chi connectivity index (χ0) is 20.4. The van der Waals surface area contributed by atoms with Gasteiger partial charge in [-0.05, 0) is 55.7 Å². The average molecular weight is 396 g/mol. The number of nitro benzene ring substituents is 1. The lowest BCUT2D eigenvalue weighted by Crippen LogP contribution is -2.45. The molecule has 1 aliphatic heterocycles. The summed E-state index contributed by atoms with van der Waals surface area (Å²) in [6.45, 7) is 5.63. The normalized spacial score (nSPS) is 16.2. The largest absolute Gasteiger partial charge is 0.351 e. The van der Waals surface area contributed by atoms with Crippen LogP contribution in [0.2, 0.25) is 0 Å². The van der Waals surface area contributed by atoms with Crippen LogP contribution >= 0.6 is 12.2 Å². The van der Waals surface area contributed by atoms with E-state index < -0.39 is 11.0 Å². The Balaban J connectivity index is 2.00. The Morgan fingerprint density at radius 1 is 1.18 bits per heavy atom. The first kappa shape index (κ1) is 19.5. The van der Waals surface area contributed by atoms with Gasteiger partial charge in [-0.1, -0.05) is 24.3 Å². The van der Waals surface area contributed by atoms with Crippen molar-refractivity contribution >= 4 is 34.6 Å². The number of nitro groups is 1. The smallest absolute Gasteiger partial charge is 0.269 e. The number of nitrogens with one attached hydrogen (secondary N) is 3. The summed E-state index contributed by atoms with van der Waals surface area (Å²) in [6.07, 6.45) is 0. The molecule has 0 bridgehead atoms. The molecule has 0 aromatic heterocycles. The van der Waals surface area contributed by atoms with E-state index in [1.54, 1.807) is 19.1 Å². The fourth-order valence-corrected chi connectivity index (χ4v) is 3.39. The Morgan fingerprint density at radius 2 is 1.93 bits per heavy atom. The van der Waals surface area contributed by atoms with Crippen molar-refractivity contribution in [2.75, 3.05) is 5.32 Å². The molecular formula is C20H20N4O3S. The molecule has 144 valence electrons. The summed E-state index contributed by atoms with van der Waals surface area (Å²) in [7, 11) is 0. The van der Waals surface area contributed by atoms with Crippen molar-refractivity contribution in [3.05, 3.63) is 80.5 Å². The third kappa shape index (κ3) is 4.01. The molecule has 7 nitrogen and oxygen atoms in total. The van der Waals surface area contributed by atoms with Crippen LogP contribution in [0.5, 0.6) is 0 Å². The second-order valence-corrected chi connectivity index (χ2v) is 7.10. The molecule has 3 rings (SSSR count). The molecule has 2 aromatic rings. The molecule has 0 aliphatic carbocycles. The Bertz CT molecular complexity index is 1020. The molecule has 8 heteroatoms. The van der Waals surface area contributed by atoms with Crippen LogP contribution in [0.1, 0.15) is 29.7 Å². The van der Waals surface area contributed by atoms with Gasteiger partial charge in [0.2, 0.25) is 0 Å². The number of allylic oxidation sites excluding steroid dienone is 1. The van der Waals surface area contributed by atoms with E-state index in [1.165, 1.54) is 12.1 Å². The first-order valence-electron chi connectivity index (χ1n) is 8.67. The van der Waals surface area contributed by atoms with Crippen LogP contribution in [0.15, 0.2) is 53.7 Å². The van der Waals surface area contributed by atoms with Crippen molar-refractivity contribution in [2.45, 2.75) is 26.8 Å². The van der Waals surface area contributed by atoms with Gasteiger partial charge in [-0.3, -0.25) is 14.9 Å². The first-order chi connectivity index (χ1) is 13.3. The first-order valence-corrected chi connectivity index (χ1v) is 9.08. The maximum absolute atomic E-state index is 13.1. The Labute approximate surface area is 168 Å². The van der Waals surface area contributed by atoms with Crippen molar-refractivity contribution in [2.24, 2.45) is 0 Å². The number of nitrogens with zero attached hydrogens (tertiary/aromatic N) is 1. The minimum Gasteiger partial charge on any atom is -0.351 e. The van der Waals surface area contributed by atoms with Gasteiger partial charge in [0.25, 0.3) is 11.6 Å². The molecule has 1 unspecified atom stereocenters. The number of hydrogen-bond acceptors (Lipinski definition) is 4. The van der Waals surface area contributed by atoms with Crippen LogP contribution in [0, 0.1) is 24.0 Å². The minimum atomic E-state index is -0.598. The number of rotatable bonds is 4. The number of benzene rings is 2. The van der Waals surface area contributed by atoms with Crippen LogP contribution in [0.4, 0.5) is 11.4 Å². The van der Waals surface area contributed by atoms with E-state index in [1.807, 2.05) is 32.0 Å². The summed E-state index contributed by atoms with van der Waals surface area (Å²) in [6, 6.07) is 11.4. The Hall–Kier alpha value is -3.26. The number of anilines is 1. The van der Waals surface area contributed by atoms with Gasteiger partial charge in [0.05, 0.1) is 16.5 Å². The highest BCUT2D eigenvalue weighted by Crippen LogP contribution is 2.30. The van der Waals surface area contributed by atoms with Crippen LogP contribution in [0.3, 0.4) is 0 Å². The Morgan fingerprint density at radius 3 is 2.64 bits per heavy atom. The molecule has 1 amide bonds. The third-order valence-electron chi connectivity index (χ3n) is 4.57. The van der Waals surface area contributed by atoms with Gasteiger partial charge >= 0.3 is 0 Å². The van der Waals surface area contributed by atoms with E-state index in [4.69, 9.17) is 12.2 Å². The predicted molar refractivity (Wildman–Crippen MR) is 112 cm³/mol. The molecule has 2 aromatic carbocycles. The lowest BCUT2D eigenvalue weighted by atomic mass is 9.94. The fourth-order valence-electron chi connectivity index (χ4n) is 3.12. The number of non-ortho nitro benzene ring substituents is 1. The summed E-state index contributed by atoms with van der Waals surface area (Å²) < 4.78 is 0. The number of amides is 1. The van der Waals surface area contributed by atoms with Crippen LogP contribution in [-0.2, 0) is 4.79 Å². The molecule has 1 atom stereocenters. The van der Waals surface area contributed by atoms with Gasteiger partial charge in [-0.15, -0.1) is 0 Å². The summed E-state index contributed by atoms with van der Waals surface area (Å²) in [5.74, 6) is -0.301. The maximum Gasteiger partial charge on any atom is 0.269 e. The van der Waals surface area contributed by atoms with Gasteiger partial charge in [0.1, 0.15) is 0 Å². The van der Waals surface area contributed by atoms with Gasteiger partial charge < -0.3 is 16.0 Å². The molecular weight excluding hydrogens is 376 g/mol. The highest BCUT2D eigenvalue weighted by molar-refractivity contribution is 7.80. The molecule has 0 spiro atoms. The van der Waals surface area contributed by atoms with Crippen molar-refractivity contribution in [3.63, 3.8) is 0 Å². The standard InChI is InChI=1S/C20H20N4O3S/c1-11-7-8-12(2)16(9-11)22-19(25)17-13(3)21-20(28)23-18(17)14-5-4-6-15(10-14)24(26)27/h4-10,18H,1-3H3,(H,22,25)(H2,21,23,28). The van der Waals surface area contributed by atoms with Crippen LogP contribution < -0.4 is 16.0 Å². The van der Waals surface area contributed by atoms with Crippen molar-refractivity contribution < 1.29 is 9.72 Å². The number of hydrogen-bond donors (Lipinski definition) is 3. The minimum absolute atomic E-state index is 0.0457. The molecule has 1 heterocycles. The summed E-state index contributed by atoms with van der Waals surface area (Å²) >= 11 is 5.23. The van der Waals surface area contributed by atoms with E-state index in [0.717, 1.165) is 16.8 Å². The molecule has 1 aliphatic rings. The van der Waals surface area contributed by atoms with Crippen LogP contribution in [0.25, 0.3) is 0 Å². The molecule has 28 heavy (non-hydrogen) atoms. The average Bonchev–Trinajstić information content (AvgIpc) is 2.64. The molecule has 0 saturated carbocycles. The summed E-state index contributed by atoms with van der Waals surface area (Å²) in [4.78, 5) is 23.8. The van der Waals surface area contributed by atoms with Gasteiger partial charge in [-0.2, -0.15) is 0 Å².